The highest BCUT2D eigenvalue weighted by atomic mass is 16.8. The van der Waals surface area contributed by atoms with Gasteiger partial charge in [0.15, 0.2) is 29.1 Å². The second-order valence-corrected chi connectivity index (χ2v) is 12.0. The van der Waals surface area contributed by atoms with Gasteiger partial charge in [0, 0.05) is 24.5 Å². The molecule has 0 unspecified atom stereocenters. The molecule has 4 aliphatic rings. The third-order valence-electron chi connectivity index (χ3n) is 9.32. The van der Waals surface area contributed by atoms with E-state index in [0.717, 1.165) is 17.2 Å². The van der Waals surface area contributed by atoms with Crippen LogP contribution in [0.4, 0.5) is 0 Å². The van der Waals surface area contributed by atoms with Gasteiger partial charge in [0.05, 0.1) is 31.6 Å². The quantitative estimate of drug-likeness (QED) is 0.102. The Balaban J connectivity index is 1.23. The number of aliphatic hydroxyl groups is 3. The van der Waals surface area contributed by atoms with E-state index < -0.39 is 67.4 Å². The van der Waals surface area contributed by atoms with Gasteiger partial charge >= 0.3 is 5.97 Å². The molecule has 0 aliphatic carbocycles. The van der Waals surface area contributed by atoms with Gasteiger partial charge in [-0.15, -0.1) is 6.58 Å². The number of rotatable bonds is 8. The van der Waals surface area contributed by atoms with Crippen molar-refractivity contribution in [1.82, 2.24) is 4.90 Å². The number of aromatic hydroxyl groups is 3. The van der Waals surface area contributed by atoms with Crippen LogP contribution in [0.3, 0.4) is 0 Å². The van der Waals surface area contributed by atoms with E-state index >= 15 is 0 Å². The fraction of sp³-hybridized carbons (Fsp3) is 0.412. The van der Waals surface area contributed by atoms with Crippen molar-refractivity contribution in [3.8, 4) is 23.0 Å². The Morgan fingerprint density at radius 1 is 1.08 bits per heavy atom. The predicted molar refractivity (Wildman–Crippen MR) is 165 cm³/mol. The van der Waals surface area contributed by atoms with Gasteiger partial charge in [-0.1, -0.05) is 12.1 Å². The summed E-state index contributed by atoms with van der Waals surface area (Å²) < 4.78 is 28.4. The van der Waals surface area contributed by atoms with Crippen LogP contribution in [0.15, 0.2) is 60.9 Å². The Kier molecular flexibility index (Phi) is 9.36. The Bertz CT molecular complexity index is 1640. The van der Waals surface area contributed by atoms with E-state index in [0.29, 0.717) is 30.5 Å². The Hall–Kier alpha value is -4.60. The van der Waals surface area contributed by atoms with Crippen LogP contribution in [0, 0.1) is 11.8 Å². The number of nitrogens with zero attached hydrogens (tertiary/aromatic N) is 1. The molecule has 48 heavy (non-hydrogen) atoms. The molecular formula is C34H37NO13. The monoisotopic (exact) mass is 667 g/mol. The first-order valence-electron chi connectivity index (χ1n) is 15.4. The molecule has 0 spiro atoms. The van der Waals surface area contributed by atoms with Crippen molar-refractivity contribution in [3.63, 3.8) is 0 Å². The van der Waals surface area contributed by atoms with Crippen LogP contribution >= 0.6 is 0 Å². The molecule has 2 aromatic rings. The fourth-order valence-corrected chi connectivity index (χ4v) is 6.80. The summed E-state index contributed by atoms with van der Waals surface area (Å²) in [6.45, 7) is 3.66. The number of esters is 1. The van der Waals surface area contributed by atoms with Gasteiger partial charge in [0.1, 0.15) is 18.3 Å². The summed E-state index contributed by atoms with van der Waals surface area (Å²) in [5.41, 5.74) is 2.44. The highest BCUT2D eigenvalue weighted by molar-refractivity contribution is 5.95. The second kappa shape index (κ2) is 13.5. The number of carbonyl (C=O) groups is 2. The average molecular weight is 668 g/mol. The molecule has 0 aromatic heterocycles. The van der Waals surface area contributed by atoms with E-state index in [4.69, 9.17) is 23.7 Å². The number of amides is 1. The van der Waals surface area contributed by atoms with Crippen molar-refractivity contribution in [3.05, 3.63) is 77.6 Å². The maximum Gasteiger partial charge on any atom is 0.331 e. The Morgan fingerprint density at radius 3 is 2.58 bits per heavy atom. The molecule has 2 saturated heterocycles. The van der Waals surface area contributed by atoms with Gasteiger partial charge in [-0.05, 0) is 59.9 Å². The minimum atomic E-state index is -1.73. The summed E-state index contributed by atoms with van der Waals surface area (Å²) in [4.78, 5) is 28.3. The number of hydrogen-bond donors (Lipinski definition) is 6. The van der Waals surface area contributed by atoms with Crippen LogP contribution in [-0.2, 0) is 35.0 Å². The minimum absolute atomic E-state index is 0.0881. The summed E-state index contributed by atoms with van der Waals surface area (Å²) in [6.07, 6.45) is -2.65. The molecule has 0 saturated carbocycles. The molecule has 14 heteroatoms. The average Bonchev–Trinajstić information content (AvgIpc) is 3.08. The van der Waals surface area contributed by atoms with Crippen molar-refractivity contribution in [2.75, 3.05) is 20.3 Å². The normalized spacial score (nSPS) is 31.2. The number of hydrogen-bond acceptors (Lipinski definition) is 13. The van der Waals surface area contributed by atoms with E-state index in [2.05, 4.69) is 6.58 Å². The zero-order valence-electron chi connectivity index (χ0n) is 25.9. The first kappa shape index (κ1) is 33.3. The van der Waals surface area contributed by atoms with Crippen molar-refractivity contribution in [2.45, 2.75) is 55.9 Å². The molecule has 9 atom stereocenters. The maximum absolute atomic E-state index is 13.7. The first-order chi connectivity index (χ1) is 23.0. The lowest BCUT2D eigenvalue weighted by molar-refractivity contribution is -0.340. The van der Waals surface area contributed by atoms with Crippen molar-refractivity contribution in [1.29, 1.82) is 0 Å². The summed E-state index contributed by atoms with van der Waals surface area (Å²) >= 11 is 0. The number of fused-ring (bicyclic) bond motifs is 4. The van der Waals surface area contributed by atoms with Crippen LogP contribution < -0.4 is 4.74 Å². The largest absolute Gasteiger partial charge is 0.504 e. The number of piperidine rings is 1. The molecule has 6 N–H and O–H groups in total. The highest BCUT2D eigenvalue weighted by Crippen LogP contribution is 2.49. The number of phenolic OH excluding ortho intramolecular Hbond substituents is 3. The van der Waals surface area contributed by atoms with Gasteiger partial charge in [-0.25, -0.2) is 4.79 Å². The van der Waals surface area contributed by atoms with E-state index in [1.54, 1.807) is 11.0 Å². The second-order valence-electron chi connectivity index (χ2n) is 12.0. The smallest absolute Gasteiger partial charge is 0.331 e. The van der Waals surface area contributed by atoms with E-state index in [1.807, 2.05) is 0 Å². The van der Waals surface area contributed by atoms with E-state index in [9.17, 15) is 40.2 Å². The number of phenols is 3. The third-order valence-corrected chi connectivity index (χ3v) is 9.32. The zero-order valence-corrected chi connectivity index (χ0v) is 25.9. The van der Waals surface area contributed by atoms with Crippen LogP contribution in [0.25, 0.3) is 6.08 Å². The van der Waals surface area contributed by atoms with Gasteiger partial charge in [-0.3, -0.25) is 4.79 Å². The lowest BCUT2D eigenvalue weighted by Crippen LogP contribution is -2.61. The molecule has 14 nitrogen and oxygen atoms in total. The van der Waals surface area contributed by atoms with Gasteiger partial charge < -0.3 is 59.2 Å². The van der Waals surface area contributed by atoms with Crippen LogP contribution in [0.5, 0.6) is 23.0 Å². The molecule has 2 fully saturated rings. The van der Waals surface area contributed by atoms with Crippen LogP contribution in [-0.4, -0.2) is 105 Å². The number of ether oxygens (including phenoxy) is 5. The lowest BCUT2D eigenvalue weighted by atomic mass is 9.73. The molecule has 4 aliphatic heterocycles. The summed E-state index contributed by atoms with van der Waals surface area (Å²) in [7, 11) is 1.38. The van der Waals surface area contributed by atoms with Gasteiger partial charge in [0.25, 0.3) is 5.91 Å². The molecule has 4 heterocycles. The molecule has 1 amide bonds. The number of benzene rings is 2. The number of carbonyl (C=O) groups excluding carboxylic acids is 2. The SMILES string of the molecule is C=C[C@H]1[C@H](O[C@@H]2O[C@H](CO)[C@@H](O)[C@H](O)[C@H]2OC(=O)/C=C/c2ccc(O)c(OC)c2)OC=C2C(=O)N3CCc4cc(O)c(O)cc4[C@H]3C[C@H]21. The fourth-order valence-electron chi connectivity index (χ4n) is 6.80. The molecule has 256 valence electrons. The molecular weight excluding hydrogens is 630 g/mol. The number of aliphatic hydroxyl groups excluding tert-OH is 3. The van der Waals surface area contributed by atoms with Crippen LogP contribution in [0.1, 0.15) is 29.2 Å². The number of methoxy groups -OCH3 is 1. The Labute approximate surface area is 275 Å². The molecule has 2 aromatic carbocycles. The molecule has 6 rings (SSSR count). The molecule has 0 radical (unpaired) electrons. The summed E-state index contributed by atoms with van der Waals surface area (Å²) in [5, 5.41) is 61.4. The van der Waals surface area contributed by atoms with Gasteiger partial charge in [-0.2, -0.15) is 0 Å². The van der Waals surface area contributed by atoms with E-state index in [-0.39, 0.29) is 28.9 Å². The summed E-state index contributed by atoms with van der Waals surface area (Å²) in [6, 6.07) is 6.98. The first-order valence-corrected chi connectivity index (χ1v) is 15.4. The third kappa shape index (κ3) is 6.08. The zero-order chi connectivity index (χ0) is 34.3. The van der Waals surface area contributed by atoms with E-state index in [1.165, 1.54) is 49.8 Å². The lowest BCUT2D eigenvalue weighted by Gasteiger charge is -2.49. The van der Waals surface area contributed by atoms with Gasteiger partial charge in [0.2, 0.25) is 12.6 Å². The Morgan fingerprint density at radius 2 is 1.85 bits per heavy atom. The standard InChI is InChI=1S/C34H37NO13/c1-3-18-20-12-22-19-13-25(39)24(38)11-17(19)8-9-35(22)32(43)21(20)15-45-33(18)48-34-31(30(42)29(41)27(14-36)46-34)47-28(40)7-5-16-4-6-23(37)26(10-16)44-2/h3-7,10-11,13,15,18,20,22,27,29-31,33-34,36-39,41-42H,1,8-9,12,14H2,2H3/b7-5+/t18-,20+,22-,27-,29-,30+,31-,33+,34+/m1/s1. The molecule has 0 bridgehead atoms. The van der Waals surface area contributed by atoms with Crippen LogP contribution in [0.2, 0.25) is 0 Å². The predicted octanol–water partition coefficient (Wildman–Crippen LogP) is 1.38. The topological polar surface area (TPSA) is 205 Å². The van der Waals surface area contributed by atoms with Crippen molar-refractivity contribution >= 4 is 18.0 Å². The van der Waals surface area contributed by atoms with Crippen molar-refractivity contribution < 1.29 is 63.9 Å². The summed E-state index contributed by atoms with van der Waals surface area (Å²) in [5.74, 6) is -2.71. The minimum Gasteiger partial charge on any atom is -0.504 e. The highest BCUT2D eigenvalue weighted by Gasteiger charge is 2.52. The maximum atomic E-state index is 13.7. The van der Waals surface area contributed by atoms with Crippen molar-refractivity contribution in [2.24, 2.45) is 11.8 Å².